The smallest absolute Gasteiger partial charge is 0.261 e. The number of anilines is 1. The first-order valence-electron chi connectivity index (χ1n) is 7.53. The lowest BCUT2D eigenvalue weighted by molar-refractivity contribution is -0.536. The van der Waals surface area contributed by atoms with Gasteiger partial charge in [-0.3, -0.25) is 4.58 Å². The Morgan fingerprint density at radius 2 is 1.67 bits per heavy atom. The van der Waals surface area contributed by atoms with Gasteiger partial charge in [0.1, 0.15) is 5.69 Å². The van der Waals surface area contributed by atoms with Gasteiger partial charge in [0, 0.05) is 11.1 Å². The molecule has 1 N–H and O–H groups in total. The van der Waals surface area contributed by atoms with Crippen LogP contribution in [0.5, 0.6) is 0 Å². The zero-order valence-electron chi connectivity index (χ0n) is 12.1. The summed E-state index contributed by atoms with van der Waals surface area (Å²) in [7, 11) is 0. The van der Waals surface area contributed by atoms with Crippen molar-refractivity contribution in [3.8, 4) is 0 Å². The van der Waals surface area contributed by atoms with E-state index in [1.165, 1.54) is 30.7 Å². The highest BCUT2D eigenvalue weighted by Gasteiger charge is 2.19. The maximum atomic E-state index is 6.10. The summed E-state index contributed by atoms with van der Waals surface area (Å²) in [6, 6.07) is 18.4. The van der Waals surface area contributed by atoms with Gasteiger partial charge >= 0.3 is 0 Å². The fraction of sp³-hybridized carbons (Fsp3) is 0.278. The van der Waals surface area contributed by atoms with Gasteiger partial charge in [0.2, 0.25) is 0 Å². The number of benzene rings is 2. The normalized spacial score (nSPS) is 14.8. The average molecular weight is 300 g/mol. The summed E-state index contributed by atoms with van der Waals surface area (Å²) in [5.74, 6) is 1.18. The van der Waals surface area contributed by atoms with E-state index in [1.807, 2.05) is 18.2 Å². The average Bonchev–Trinajstić information content (AvgIpc) is 2.54. The predicted molar refractivity (Wildman–Crippen MR) is 89.5 cm³/mol. The molecular weight excluding hydrogens is 280 g/mol. The van der Waals surface area contributed by atoms with E-state index in [4.69, 9.17) is 11.6 Å². The highest BCUT2D eigenvalue weighted by molar-refractivity contribution is 6.31. The molecule has 21 heavy (non-hydrogen) atoms. The van der Waals surface area contributed by atoms with Crippen molar-refractivity contribution < 1.29 is 4.58 Å². The second kappa shape index (κ2) is 6.77. The topological polar surface area (TPSA) is 15.0 Å². The van der Waals surface area contributed by atoms with Crippen LogP contribution in [-0.2, 0) is 0 Å². The Labute approximate surface area is 131 Å². The van der Waals surface area contributed by atoms with Crippen molar-refractivity contribution in [3.63, 3.8) is 0 Å². The minimum atomic E-state index is 0.756. The van der Waals surface area contributed by atoms with Crippen molar-refractivity contribution in [2.75, 3.05) is 18.4 Å². The molecule has 108 valence electrons. The van der Waals surface area contributed by atoms with Crippen LogP contribution in [-0.4, -0.2) is 23.5 Å². The number of amidine groups is 1. The molecule has 2 aromatic rings. The van der Waals surface area contributed by atoms with E-state index in [1.54, 1.807) is 0 Å². The first-order chi connectivity index (χ1) is 10.3. The zero-order chi connectivity index (χ0) is 14.5. The molecule has 0 unspecified atom stereocenters. The maximum absolute atomic E-state index is 6.10. The number of halogens is 1. The summed E-state index contributed by atoms with van der Waals surface area (Å²) in [4.78, 5) is 0. The van der Waals surface area contributed by atoms with Gasteiger partial charge in [-0.25, -0.2) is 5.32 Å². The van der Waals surface area contributed by atoms with Gasteiger partial charge in [0.05, 0.1) is 18.7 Å². The quantitative estimate of drug-likeness (QED) is 0.642. The van der Waals surface area contributed by atoms with Gasteiger partial charge in [0.25, 0.3) is 5.84 Å². The third-order valence-electron chi connectivity index (χ3n) is 3.81. The molecule has 0 amide bonds. The molecule has 2 nitrogen and oxygen atoms in total. The van der Waals surface area contributed by atoms with E-state index >= 15 is 0 Å². The van der Waals surface area contributed by atoms with E-state index in [0.29, 0.717) is 0 Å². The lowest BCUT2D eigenvalue weighted by Gasteiger charge is -2.17. The van der Waals surface area contributed by atoms with Gasteiger partial charge in [0.15, 0.2) is 0 Å². The van der Waals surface area contributed by atoms with Gasteiger partial charge in [-0.05, 0) is 43.5 Å². The SMILES string of the molecule is Clc1cccc(NC(c2ccccc2)=[N+]2CCCCC2)c1. The Balaban J connectivity index is 1.96. The summed E-state index contributed by atoms with van der Waals surface area (Å²) in [6.07, 6.45) is 3.84. The van der Waals surface area contributed by atoms with Crippen LogP contribution < -0.4 is 5.32 Å². The predicted octanol–water partition coefficient (Wildman–Crippen LogP) is 4.40. The second-order valence-corrected chi connectivity index (χ2v) is 5.83. The first-order valence-corrected chi connectivity index (χ1v) is 7.91. The fourth-order valence-corrected chi connectivity index (χ4v) is 2.94. The molecule has 0 aromatic heterocycles. The van der Waals surface area contributed by atoms with Crippen molar-refractivity contribution >= 4 is 23.1 Å². The van der Waals surface area contributed by atoms with E-state index in [9.17, 15) is 0 Å². The molecule has 0 aliphatic carbocycles. The molecule has 0 spiro atoms. The Bertz CT molecular complexity index is 627. The molecule has 1 heterocycles. The highest BCUT2D eigenvalue weighted by Crippen LogP contribution is 2.17. The van der Waals surface area contributed by atoms with Crippen LogP contribution >= 0.6 is 11.6 Å². The van der Waals surface area contributed by atoms with Crippen LogP contribution in [0.4, 0.5) is 5.69 Å². The first kappa shape index (κ1) is 14.2. The Hall–Kier alpha value is -1.80. The van der Waals surface area contributed by atoms with Gasteiger partial charge in [-0.1, -0.05) is 35.9 Å². The number of hydrogen-bond donors (Lipinski definition) is 1. The van der Waals surface area contributed by atoms with Crippen LogP contribution in [0.3, 0.4) is 0 Å². The Morgan fingerprint density at radius 1 is 0.905 bits per heavy atom. The number of piperidine rings is 1. The zero-order valence-corrected chi connectivity index (χ0v) is 12.8. The molecule has 3 rings (SSSR count). The summed E-state index contributed by atoms with van der Waals surface area (Å²) >= 11 is 6.10. The molecule has 1 fully saturated rings. The number of rotatable bonds is 2. The van der Waals surface area contributed by atoms with Crippen LogP contribution in [0.1, 0.15) is 24.8 Å². The second-order valence-electron chi connectivity index (χ2n) is 5.40. The standard InChI is InChI=1S/C18H19ClN2/c19-16-10-7-11-17(14-16)20-18(15-8-3-1-4-9-15)21-12-5-2-6-13-21/h1,3-4,7-11,14H,2,5-6,12-13H2/p+1. The maximum Gasteiger partial charge on any atom is 0.282 e. The van der Waals surface area contributed by atoms with Crippen molar-refractivity contribution in [2.45, 2.75) is 19.3 Å². The van der Waals surface area contributed by atoms with Crippen LogP contribution in [0.2, 0.25) is 5.02 Å². The molecule has 3 heteroatoms. The highest BCUT2D eigenvalue weighted by atomic mass is 35.5. The molecule has 0 atom stereocenters. The molecular formula is C18H20ClN2+. The molecule has 0 saturated carbocycles. The number of hydrogen-bond acceptors (Lipinski definition) is 0. The van der Waals surface area contributed by atoms with Crippen LogP contribution in [0.25, 0.3) is 0 Å². The largest absolute Gasteiger partial charge is 0.282 e. The van der Waals surface area contributed by atoms with Crippen molar-refractivity contribution in [1.29, 1.82) is 0 Å². The van der Waals surface area contributed by atoms with Crippen LogP contribution in [0.15, 0.2) is 54.6 Å². The lowest BCUT2D eigenvalue weighted by Crippen LogP contribution is -2.32. The minimum absolute atomic E-state index is 0.756. The van der Waals surface area contributed by atoms with E-state index in [0.717, 1.165) is 23.8 Å². The molecule has 1 saturated heterocycles. The van der Waals surface area contributed by atoms with Crippen molar-refractivity contribution in [1.82, 2.24) is 0 Å². The van der Waals surface area contributed by atoms with Gasteiger partial charge < -0.3 is 0 Å². The number of nitrogens with one attached hydrogen (secondary N) is 1. The molecule has 1 aliphatic rings. The minimum Gasteiger partial charge on any atom is -0.261 e. The number of nitrogens with zero attached hydrogens (tertiary/aromatic N) is 1. The fourth-order valence-electron chi connectivity index (χ4n) is 2.75. The van der Waals surface area contributed by atoms with E-state index in [-0.39, 0.29) is 0 Å². The Kier molecular flexibility index (Phi) is 4.56. The monoisotopic (exact) mass is 299 g/mol. The summed E-state index contributed by atoms with van der Waals surface area (Å²) < 4.78 is 2.44. The van der Waals surface area contributed by atoms with Crippen molar-refractivity contribution in [2.24, 2.45) is 0 Å². The van der Waals surface area contributed by atoms with Crippen LogP contribution in [0, 0.1) is 0 Å². The summed E-state index contributed by atoms with van der Waals surface area (Å²) in [6.45, 7) is 2.22. The molecule has 0 bridgehead atoms. The van der Waals surface area contributed by atoms with Crippen molar-refractivity contribution in [3.05, 3.63) is 65.2 Å². The van der Waals surface area contributed by atoms with E-state index in [2.05, 4.69) is 46.3 Å². The third-order valence-corrected chi connectivity index (χ3v) is 4.04. The lowest BCUT2D eigenvalue weighted by atomic mass is 10.1. The van der Waals surface area contributed by atoms with Gasteiger partial charge in [-0.2, -0.15) is 0 Å². The summed E-state index contributed by atoms with van der Waals surface area (Å²) in [5, 5.41) is 4.32. The van der Waals surface area contributed by atoms with E-state index < -0.39 is 0 Å². The molecule has 1 aliphatic heterocycles. The van der Waals surface area contributed by atoms with Gasteiger partial charge in [-0.15, -0.1) is 0 Å². The molecule has 2 aromatic carbocycles. The Morgan fingerprint density at radius 3 is 2.38 bits per heavy atom. The third kappa shape index (κ3) is 3.64. The molecule has 0 radical (unpaired) electrons. The summed E-state index contributed by atoms with van der Waals surface area (Å²) in [5.41, 5.74) is 2.26.